The van der Waals surface area contributed by atoms with Crippen LogP contribution in [0.2, 0.25) is 0 Å². The number of aromatic nitrogens is 1. The lowest BCUT2D eigenvalue weighted by atomic mass is 10.3. The van der Waals surface area contributed by atoms with Gasteiger partial charge in [-0.05, 0) is 35.0 Å². The van der Waals surface area contributed by atoms with Gasteiger partial charge in [-0.1, -0.05) is 0 Å². The molecule has 1 heterocycles. The summed E-state index contributed by atoms with van der Waals surface area (Å²) in [6, 6.07) is 2.90. The molecule has 0 bridgehead atoms. The van der Waals surface area contributed by atoms with E-state index in [1.165, 1.54) is 0 Å². The number of nitrogens with zero attached hydrogens (tertiary/aromatic N) is 1. The number of pyridine rings is 1. The summed E-state index contributed by atoms with van der Waals surface area (Å²) in [7, 11) is 0. The average Bonchev–Trinajstić information content (AvgIpc) is 2.08. The van der Waals surface area contributed by atoms with Crippen molar-refractivity contribution in [3.05, 3.63) is 22.9 Å². The average molecular weight is 245 g/mol. The normalized spacial score (nSPS) is 12.2. The fourth-order valence-electron chi connectivity index (χ4n) is 0.773. The van der Waals surface area contributed by atoms with Crippen molar-refractivity contribution in [3.63, 3.8) is 0 Å². The van der Waals surface area contributed by atoms with Crippen LogP contribution in [0.25, 0.3) is 0 Å². The van der Waals surface area contributed by atoms with Crippen molar-refractivity contribution >= 4 is 27.6 Å². The number of anilines is 1. The van der Waals surface area contributed by atoms with Crippen LogP contribution in [0, 0.1) is 0 Å². The summed E-state index contributed by atoms with van der Waals surface area (Å²) in [6.45, 7) is 1.57. The molecule has 13 heavy (non-hydrogen) atoms. The van der Waals surface area contributed by atoms with Gasteiger partial charge in [0.15, 0.2) is 0 Å². The largest absolute Gasteiger partial charge is 0.480 e. The minimum Gasteiger partial charge on any atom is -0.480 e. The van der Waals surface area contributed by atoms with Crippen LogP contribution in [0.5, 0.6) is 0 Å². The molecule has 1 atom stereocenters. The first-order valence-electron chi connectivity index (χ1n) is 3.70. The number of nitrogens with one attached hydrogen (secondary N) is 1. The fourth-order valence-corrected chi connectivity index (χ4v) is 1.01. The maximum absolute atomic E-state index is 10.5. The predicted molar refractivity (Wildman–Crippen MR) is 52.7 cm³/mol. The number of carbonyl (C=O) groups is 1. The molecule has 1 aromatic rings. The number of hydrogen-bond donors (Lipinski definition) is 2. The van der Waals surface area contributed by atoms with E-state index in [0.717, 1.165) is 4.60 Å². The van der Waals surface area contributed by atoms with Gasteiger partial charge in [-0.15, -0.1) is 0 Å². The Morgan fingerprint density at radius 1 is 1.69 bits per heavy atom. The molecular weight excluding hydrogens is 236 g/mol. The molecule has 0 aliphatic carbocycles. The van der Waals surface area contributed by atoms with E-state index in [9.17, 15) is 4.79 Å². The van der Waals surface area contributed by atoms with Gasteiger partial charge >= 0.3 is 5.97 Å². The Bertz CT molecular complexity index is 300. The van der Waals surface area contributed by atoms with Crippen molar-refractivity contribution in [2.24, 2.45) is 0 Å². The molecule has 0 amide bonds. The Morgan fingerprint density at radius 3 is 2.85 bits per heavy atom. The third-order valence-corrected chi connectivity index (χ3v) is 1.95. The molecule has 0 saturated carbocycles. The Labute approximate surface area is 84.1 Å². The molecule has 2 N–H and O–H groups in total. The summed E-state index contributed by atoms with van der Waals surface area (Å²) in [6.07, 6.45) is 1.57. The molecule has 70 valence electrons. The Morgan fingerprint density at radius 2 is 2.38 bits per heavy atom. The van der Waals surface area contributed by atoms with E-state index in [0.29, 0.717) is 5.69 Å². The second kappa shape index (κ2) is 4.23. The van der Waals surface area contributed by atoms with Gasteiger partial charge in [0.1, 0.15) is 10.6 Å². The molecule has 0 saturated heterocycles. The van der Waals surface area contributed by atoms with Crippen molar-refractivity contribution in [1.82, 2.24) is 4.98 Å². The molecule has 0 spiro atoms. The molecule has 0 aliphatic heterocycles. The lowest BCUT2D eigenvalue weighted by Gasteiger charge is -2.09. The SMILES string of the molecule is CC(Nc1ccc(Br)nc1)C(=O)O. The van der Waals surface area contributed by atoms with Crippen LogP contribution in [-0.4, -0.2) is 22.1 Å². The molecule has 0 aromatic carbocycles. The van der Waals surface area contributed by atoms with Crippen LogP contribution in [-0.2, 0) is 4.79 Å². The number of halogens is 1. The van der Waals surface area contributed by atoms with Crippen molar-refractivity contribution in [3.8, 4) is 0 Å². The number of rotatable bonds is 3. The van der Waals surface area contributed by atoms with E-state index in [4.69, 9.17) is 5.11 Å². The van der Waals surface area contributed by atoms with E-state index in [-0.39, 0.29) is 0 Å². The maximum Gasteiger partial charge on any atom is 0.325 e. The first-order chi connectivity index (χ1) is 6.09. The molecule has 0 radical (unpaired) electrons. The van der Waals surface area contributed by atoms with Crippen molar-refractivity contribution in [2.45, 2.75) is 13.0 Å². The fraction of sp³-hybridized carbons (Fsp3) is 0.250. The zero-order valence-electron chi connectivity index (χ0n) is 6.99. The minimum absolute atomic E-state index is 0.608. The monoisotopic (exact) mass is 244 g/mol. The quantitative estimate of drug-likeness (QED) is 0.796. The Hall–Kier alpha value is -1.10. The van der Waals surface area contributed by atoms with Crippen LogP contribution in [0.15, 0.2) is 22.9 Å². The highest BCUT2D eigenvalue weighted by Crippen LogP contribution is 2.11. The molecular formula is C8H9BrN2O2. The Balaban J connectivity index is 2.64. The summed E-state index contributed by atoms with van der Waals surface area (Å²) < 4.78 is 0.723. The first kappa shape index (κ1) is 9.98. The lowest BCUT2D eigenvalue weighted by Crippen LogP contribution is -2.25. The molecule has 5 heteroatoms. The molecule has 1 unspecified atom stereocenters. The van der Waals surface area contributed by atoms with Gasteiger partial charge in [0.2, 0.25) is 0 Å². The second-order valence-corrected chi connectivity index (χ2v) is 3.39. The maximum atomic E-state index is 10.5. The molecule has 0 aliphatic rings. The smallest absolute Gasteiger partial charge is 0.325 e. The number of carboxylic acid groups (broad SMARTS) is 1. The van der Waals surface area contributed by atoms with Gasteiger partial charge in [0, 0.05) is 0 Å². The zero-order chi connectivity index (χ0) is 9.84. The van der Waals surface area contributed by atoms with Crippen LogP contribution in [0.4, 0.5) is 5.69 Å². The van der Waals surface area contributed by atoms with E-state index < -0.39 is 12.0 Å². The van der Waals surface area contributed by atoms with E-state index in [2.05, 4.69) is 26.2 Å². The van der Waals surface area contributed by atoms with Crippen LogP contribution >= 0.6 is 15.9 Å². The predicted octanol–water partition coefficient (Wildman–Crippen LogP) is 1.73. The first-order valence-corrected chi connectivity index (χ1v) is 4.50. The summed E-state index contributed by atoms with van der Waals surface area (Å²) in [5.74, 6) is -0.886. The van der Waals surface area contributed by atoms with Gasteiger partial charge < -0.3 is 10.4 Å². The van der Waals surface area contributed by atoms with Crippen molar-refractivity contribution in [1.29, 1.82) is 0 Å². The third kappa shape index (κ3) is 3.02. The van der Waals surface area contributed by atoms with Crippen LogP contribution in [0.3, 0.4) is 0 Å². The van der Waals surface area contributed by atoms with Gasteiger partial charge in [0.05, 0.1) is 11.9 Å². The summed E-state index contributed by atoms with van der Waals surface area (Å²) in [4.78, 5) is 14.4. The number of aliphatic carboxylic acids is 1. The topological polar surface area (TPSA) is 62.2 Å². The van der Waals surface area contributed by atoms with Gasteiger partial charge in [-0.3, -0.25) is 4.79 Å². The van der Waals surface area contributed by atoms with E-state index in [1.54, 1.807) is 25.3 Å². The zero-order valence-corrected chi connectivity index (χ0v) is 8.58. The molecule has 0 fully saturated rings. The molecule has 4 nitrogen and oxygen atoms in total. The molecule has 1 rings (SSSR count). The Kier molecular flexibility index (Phi) is 3.25. The lowest BCUT2D eigenvalue weighted by molar-refractivity contribution is -0.137. The van der Waals surface area contributed by atoms with Gasteiger partial charge in [-0.2, -0.15) is 0 Å². The van der Waals surface area contributed by atoms with Gasteiger partial charge in [-0.25, -0.2) is 4.98 Å². The highest BCUT2D eigenvalue weighted by Gasteiger charge is 2.09. The van der Waals surface area contributed by atoms with Crippen LogP contribution in [0.1, 0.15) is 6.92 Å². The number of hydrogen-bond acceptors (Lipinski definition) is 3. The van der Waals surface area contributed by atoms with Crippen LogP contribution < -0.4 is 5.32 Å². The molecule has 1 aromatic heterocycles. The number of carboxylic acids is 1. The third-order valence-electron chi connectivity index (χ3n) is 1.48. The van der Waals surface area contributed by atoms with E-state index >= 15 is 0 Å². The van der Waals surface area contributed by atoms with Crippen molar-refractivity contribution in [2.75, 3.05) is 5.32 Å². The summed E-state index contributed by atoms with van der Waals surface area (Å²) in [5.41, 5.74) is 0.693. The summed E-state index contributed by atoms with van der Waals surface area (Å²) >= 11 is 3.19. The second-order valence-electron chi connectivity index (χ2n) is 2.57. The highest BCUT2D eigenvalue weighted by atomic mass is 79.9. The highest BCUT2D eigenvalue weighted by molar-refractivity contribution is 9.10. The van der Waals surface area contributed by atoms with Crippen molar-refractivity contribution < 1.29 is 9.90 Å². The van der Waals surface area contributed by atoms with Gasteiger partial charge in [0.25, 0.3) is 0 Å². The summed E-state index contributed by atoms with van der Waals surface area (Å²) in [5, 5.41) is 11.4. The standard InChI is InChI=1S/C8H9BrN2O2/c1-5(8(12)13)11-6-2-3-7(9)10-4-6/h2-5,11H,1H3,(H,12,13). The minimum atomic E-state index is -0.886. The van der Waals surface area contributed by atoms with E-state index in [1.807, 2.05) is 0 Å².